The predicted molar refractivity (Wildman–Crippen MR) is 68.7 cm³/mol. The first-order chi connectivity index (χ1) is 8.11. The van der Waals surface area contributed by atoms with E-state index in [1.807, 2.05) is 0 Å². The summed E-state index contributed by atoms with van der Waals surface area (Å²) in [4.78, 5) is 2.27. The highest BCUT2D eigenvalue weighted by atomic mass is 16.3. The number of likely N-dealkylation sites (tertiary alicyclic amines) is 1. The second-order valence-corrected chi connectivity index (χ2v) is 5.79. The van der Waals surface area contributed by atoms with E-state index in [-0.39, 0.29) is 18.8 Å². The van der Waals surface area contributed by atoms with E-state index in [4.69, 9.17) is 0 Å². The number of nitrogens with zero attached hydrogens (tertiary/aromatic N) is 1. The zero-order chi connectivity index (χ0) is 12.4. The van der Waals surface area contributed by atoms with Gasteiger partial charge in [-0.05, 0) is 38.0 Å². The van der Waals surface area contributed by atoms with Crippen molar-refractivity contribution in [2.24, 2.45) is 11.8 Å². The van der Waals surface area contributed by atoms with E-state index < -0.39 is 0 Å². The van der Waals surface area contributed by atoms with Crippen molar-refractivity contribution in [1.82, 2.24) is 4.90 Å². The fourth-order valence-corrected chi connectivity index (χ4v) is 3.32. The summed E-state index contributed by atoms with van der Waals surface area (Å²) >= 11 is 0. The van der Waals surface area contributed by atoms with Crippen LogP contribution in [0, 0.1) is 11.8 Å². The highest BCUT2D eigenvalue weighted by molar-refractivity contribution is 5.10. The molecule has 2 N–H and O–H groups in total. The van der Waals surface area contributed by atoms with Gasteiger partial charge < -0.3 is 10.2 Å². The Morgan fingerprint density at radius 3 is 2.88 bits per heavy atom. The monoisotopic (exact) mass is 239 g/mol. The van der Waals surface area contributed by atoms with Crippen LogP contribution < -0.4 is 0 Å². The van der Waals surface area contributed by atoms with Crippen LogP contribution in [0.3, 0.4) is 0 Å². The second kappa shape index (κ2) is 5.51. The summed E-state index contributed by atoms with van der Waals surface area (Å²) in [5, 5.41) is 19.0. The Morgan fingerprint density at radius 2 is 2.24 bits per heavy atom. The average Bonchev–Trinajstić information content (AvgIpc) is 2.64. The molecule has 98 valence electrons. The number of hydrogen-bond acceptors (Lipinski definition) is 3. The summed E-state index contributed by atoms with van der Waals surface area (Å²) in [7, 11) is 0. The molecule has 0 radical (unpaired) electrons. The van der Waals surface area contributed by atoms with Crippen molar-refractivity contribution in [3.63, 3.8) is 0 Å². The van der Waals surface area contributed by atoms with Crippen molar-refractivity contribution in [1.29, 1.82) is 0 Å². The van der Waals surface area contributed by atoms with Gasteiger partial charge in [0.25, 0.3) is 0 Å². The molecule has 1 saturated heterocycles. The van der Waals surface area contributed by atoms with Gasteiger partial charge in [-0.1, -0.05) is 18.6 Å². The molecule has 2 aliphatic rings. The van der Waals surface area contributed by atoms with Crippen molar-refractivity contribution < 1.29 is 10.2 Å². The van der Waals surface area contributed by atoms with Crippen molar-refractivity contribution in [2.45, 2.75) is 45.3 Å². The summed E-state index contributed by atoms with van der Waals surface area (Å²) < 4.78 is 0. The zero-order valence-electron chi connectivity index (χ0n) is 11.0. The highest BCUT2D eigenvalue weighted by Gasteiger charge is 2.33. The van der Waals surface area contributed by atoms with Gasteiger partial charge in [-0.2, -0.15) is 0 Å². The third kappa shape index (κ3) is 2.90. The average molecular weight is 239 g/mol. The van der Waals surface area contributed by atoms with Crippen LogP contribution in [0.15, 0.2) is 11.6 Å². The van der Waals surface area contributed by atoms with Gasteiger partial charge in [0.15, 0.2) is 0 Å². The number of hydrogen-bond donors (Lipinski definition) is 2. The maximum atomic E-state index is 9.70. The van der Waals surface area contributed by atoms with Crippen LogP contribution >= 0.6 is 0 Å². The lowest BCUT2D eigenvalue weighted by atomic mass is 9.80. The normalized spacial score (nSPS) is 39.4. The van der Waals surface area contributed by atoms with E-state index in [0.29, 0.717) is 5.92 Å². The van der Waals surface area contributed by atoms with E-state index >= 15 is 0 Å². The number of allylic oxidation sites excluding steroid dienone is 1. The van der Waals surface area contributed by atoms with Crippen molar-refractivity contribution in [2.75, 3.05) is 19.7 Å². The Kier molecular flexibility index (Phi) is 4.23. The summed E-state index contributed by atoms with van der Waals surface area (Å²) in [6.45, 7) is 6.43. The predicted octanol–water partition coefficient (Wildman–Crippen LogP) is 1.41. The lowest BCUT2D eigenvalue weighted by molar-refractivity contribution is 0.130. The Balaban J connectivity index is 1.99. The molecular weight excluding hydrogens is 214 g/mol. The molecule has 1 fully saturated rings. The minimum Gasteiger partial charge on any atom is -0.395 e. The highest BCUT2D eigenvalue weighted by Crippen LogP contribution is 2.32. The standard InChI is InChI=1S/C14H25NO2/c1-10-4-3-5-11(2)14(10)8-15-7-13(17)6-12(15)9-16/h4,11-14,16-17H,3,5-9H2,1-2H3/t11?,12-,13-,14?/m0/s1. The Hall–Kier alpha value is -0.380. The molecule has 2 unspecified atom stereocenters. The van der Waals surface area contributed by atoms with Crippen molar-refractivity contribution in [3.05, 3.63) is 11.6 Å². The van der Waals surface area contributed by atoms with Gasteiger partial charge in [0, 0.05) is 19.1 Å². The quantitative estimate of drug-likeness (QED) is 0.732. The van der Waals surface area contributed by atoms with Gasteiger partial charge >= 0.3 is 0 Å². The molecule has 0 aromatic carbocycles. The zero-order valence-corrected chi connectivity index (χ0v) is 11.0. The topological polar surface area (TPSA) is 43.7 Å². The molecular formula is C14H25NO2. The molecule has 0 aromatic heterocycles. The molecule has 1 aliphatic heterocycles. The number of aliphatic hydroxyl groups excluding tert-OH is 2. The van der Waals surface area contributed by atoms with Crippen LogP contribution in [-0.2, 0) is 0 Å². The third-order valence-corrected chi connectivity index (χ3v) is 4.51. The van der Waals surface area contributed by atoms with Gasteiger partial charge in [-0.3, -0.25) is 4.90 Å². The summed E-state index contributed by atoms with van der Waals surface area (Å²) in [5.41, 5.74) is 1.49. The summed E-state index contributed by atoms with van der Waals surface area (Å²) in [5.74, 6) is 1.32. The SMILES string of the molecule is CC1=CCCC(C)C1CN1C[C@@H](O)C[C@H]1CO. The van der Waals surface area contributed by atoms with E-state index in [0.717, 1.165) is 25.4 Å². The van der Waals surface area contributed by atoms with E-state index in [2.05, 4.69) is 24.8 Å². The molecule has 3 heteroatoms. The molecule has 0 spiro atoms. The first-order valence-corrected chi connectivity index (χ1v) is 6.81. The van der Waals surface area contributed by atoms with Crippen molar-refractivity contribution >= 4 is 0 Å². The molecule has 1 aliphatic carbocycles. The molecule has 0 bridgehead atoms. The molecule has 3 nitrogen and oxygen atoms in total. The van der Waals surface area contributed by atoms with Gasteiger partial charge in [-0.25, -0.2) is 0 Å². The maximum absolute atomic E-state index is 9.70. The van der Waals surface area contributed by atoms with Crippen LogP contribution in [0.25, 0.3) is 0 Å². The smallest absolute Gasteiger partial charge is 0.0683 e. The third-order valence-electron chi connectivity index (χ3n) is 4.51. The van der Waals surface area contributed by atoms with Gasteiger partial charge in [0.2, 0.25) is 0 Å². The van der Waals surface area contributed by atoms with Crippen molar-refractivity contribution in [3.8, 4) is 0 Å². The number of aliphatic hydroxyl groups is 2. The molecule has 1 heterocycles. The number of rotatable bonds is 3. The van der Waals surface area contributed by atoms with E-state index in [1.54, 1.807) is 0 Å². The van der Waals surface area contributed by atoms with Gasteiger partial charge in [-0.15, -0.1) is 0 Å². The summed E-state index contributed by atoms with van der Waals surface area (Å²) in [6.07, 6.45) is 5.29. The van der Waals surface area contributed by atoms with Gasteiger partial charge in [0.05, 0.1) is 12.7 Å². The minimum atomic E-state index is -0.254. The van der Waals surface area contributed by atoms with E-state index in [1.165, 1.54) is 18.4 Å². The van der Waals surface area contributed by atoms with Crippen LogP contribution in [0.5, 0.6) is 0 Å². The van der Waals surface area contributed by atoms with Crippen LogP contribution in [0.4, 0.5) is 0 Å². The maximum Gasteiger partial charge on any atom is 0.0683 e. The van der Waals surface area contributed by atoms with E-state index in [9.17, 15) is 10.2 Å². The second-order valence-electron chi connectivity index (χ2n) is 5.79. The fourth-order valence-electron chi connectivity index (χ4n) is 3.32. The van der Waals surface area contributed by atoms with Crippen LogP contribution in [0.2, 0.25) is 0 Å². The Morgan fingerprint density at radius 1 is 1.47 bits per heavy atom. The largest absolute Gasteiger partial charge is 0.395 e. The molecule has 17 heavy (non-hydrogen) atoms. The lowest BCUT2D eigenvalue weighted by Crippen LogP contribution is -2.39. The molecule has 0 aromatic rings. The fraction of sp³-hybridized carbons (Fsp3) is 0.857. The van der Waals surface area contributed by atoms with Crippen LogP contribution in [0.1, 0.15) is 33.1 Å². The number of β-amino-alcohol motifs (C(OH)–C–C–N with tert-alkyl or cyclic N) is 1. The summed E-state index contributed by atoms with van der Waals surface area (Å²) in [6, 6.07) is 0.159. The first kappa shape index (κ1) is 13.1. The minimum absolute atomic E-state index is 0.159. The molecule has 0 amide bonds. The van der Waals surface area contributed by atoms with Crippen LogP contribution in [-0.4, -0.2) is 47.0 Å². The molecule has 0 saturated carbocycles. The first-order valence-electron chi connectivity index (χ1n) is 6.81. The molecule has 4 atom stereocenters. The van der Waals surface area contributed by atoms with Gasteiger partial charge in [0.1, 0.15) is 0 Å². The Labute approximate surface area is 104 Å². The molecule has 2 rings (SSSR count). The Bertz CT molecular complexity index is 290. The lowest BCUT2D eigenvalue weighted by Gasteiger charge is -2.34.